The fourth-order valence-electron chi connectivity index (χ4n) is 6.95. The predicted molar refractivity (Wildman–Crippen MR) is 165 cm³/mol. The molecule has 3 aliphatic rings. The summed E-state index contributed by atoms with van der Waals surface area (Å²) in [5.74, 6) is 1.72. The van der Waals surface area contributed by atoms with Gasteiger partial charge in [0.1, 0.15) is 11.5 Å². The van der Waals surface area contributed by atoms with Gasteiger partial charge in [-0.25, -0.2) is 0 Å². The zero-order chi connectivity index (χ0) is 28.0. The van der Waals surface area contributed by atoms with Crippen molar-refractivity contribution in [2.75, 3.05) is 0 Å². The van der Waals surface area contributed by atoms with Crippen molar-refractivity contribution >= 4 is 12.6 Å². The minimum absolute atomic E-state index is 0.433. The second kappa shape index (κ2) is 8.45. The second-order valence-electron chi connectivity index (χ2n) is 12.3. The molecule has 0 unspecified atom stereocenters. The summed E-state index contributed by atoms with van der Waals surface area (Å²) >= 11 is 0. The first-order valence-corrected chi connectivity index (χ1v) is 14.4. The van der Waals surface area contributed by atoms with Crippen molar-refractivity contribution in [1.29, 1.82) is 0 Å². The number of ether oxygens (including phenoxy) is 1. The zero-order valence-corrected chi connectivity index (χ0v) is 23.8. The van der Waals surface area contributed by atoms with E-state index in [9.17, 15) is 0 Å². The first-order valence-electron chi connectivity index (χ1n) is 14.4. The minimum atomic E-state index is -0.629. The molecule has 0 bridgehead atoms. The van der Waals surface area contributed by atoms with E-state index in [1.54, 1.807) is 0 Å². The minimum Gasteiger partial charge on any atom is -0.457 e. The molecule has 1 aliphatic carbocycles. The van der Waals surface area contributed by atoms with Gasteiger partial charge in [0, 0.05) is 11.1 Å². The Hall–Kier alpha value is -4.12. The maximum absolute atomic E-state index is 6.67. The van der Waals surface area contributed by atoms with Crippen molar-refractivity contribution in [2.24, 2.45) is 0 Å². The van der Waals surface area contributed by atoms with Gasteiger partial charge >= 0.3 is 7.12 Å². The molecule has 8 rings (SSSR count). The van der Waals surface area contributed by atoms with Crippen LogP contribution in [0.2, 0.25) is 0 Å². The van der Waals surface area contributed by atoms with Crippen molar-refractivity contribution in [2.45, 2.75) is 44.3 Å². The summed E-state index contributed by atoms with van der Waals surface area (Å²) in [6, 6.07) is 41.4. The normalized spacial score (nSPS) is 18.3. The van der Waals surface area contributed by atoms with Crippen LogP contribution in [-0.2, 0) is 14.7 Å². The lowest BCUT2D eigenvalue weighted by molar-refractivity contribution is 0.00578. The molecule has 2 heterocycles. The maximum atomic E-state index is 6.67. The van der Waals surface area contributed by atoms with E-state index in [1.807, 2.05) is 0 Å². The predicted octanol–water partition coefficient (Wildman–Crippen LogP) is 8.12. The molecule has 0 amide bonds. The molecule has 1 spiro atoms. The summed E-state index contributed by atoms with van der Waals surface area (Å²) in [5.41, 5.74) is 9.11. The Morgan fingerprint density at radius 2 is 0.927 bits per heavy atom. The van der Waals surface area contributed by atoms with Gasteiger partial charge in [-0.05, 0) is 78.7 Å². The highest BCUT2D eigenvalue weighted by molar-refractivity contribution is 6.62. The molecule has 200 valence electrons. The fourth-order valence-corrected chi connectivity index (χ4v) is 6.95. The number of fused-ring (bicyclic) bond motifs is 11. The molecule has 4 heteroatoms. The third-order valence-corrected chi connectivity index (χ3v) is 9.61. The van der Waals surface area contributed by atoms with E-state index < -0.39 is 23.7 Å². The molecular weight excluding hydrogens is 503 g/mol. The van der Waals surface area contributed by atoms with Crippen LogP contribution in [-0.4, -0.2) is 18.3 Å². The van der Waals surface area contributed by atoms with E-state index in [0.717, 1.165) is 28.1 Å². The van der Waals surface area contributed by atoms with Gasteiger partial charge in [-0.15, -0.1) is 0 Å². The molecule has 1 saturated heterocycles. The summed E-state index contributed by atoms with van der Waals surface area (Å²) in [6.45, 7) is 8.39. The molecule has 41 heavy (non-hydrogen) atoms. The number of rotatable bonds is 1. The van der Waals surface area contributed by atoms with Crippen LogP contribution >= 0.6 is 0 Å². The van der Waals surface area contributed by atoms with Crippen molar-refractivity contribution in [1.82, 2.24) is 0 Å². The van der Waals surface area contributed by atoms with Gasteiger partial charge in [-0.2, -0.15) is 0 Å². The van der Waals surface area contributed by atoms with E-state index in [-0.39, 0.29) is 0 Å². The molecule has 5 aromatic rings. The van der Waals surface area contributed by atoms with Crippen LogP contribution in [0.25, 0.3) is 22.3 Å². The van der Waals surface area contributed by atoms with Gasteiger partial charge in [0.05, 0.1) is 16.6 Å². The van der Waals surface area contributed by atoms with Gasteiger partial charge in [0.25, 0.3) is 0 Å². The van der Waals surface area contributed by atoms with E-state index >= 15 is 0 Å². The third kappa shape index (κ3) is 3.29. The quantitative estimate of drug-likeness (QED) is 0.199. The van der Waals surface area contributed by atoms with Crippen LogP contribution in [0.5, 0.6) is 11.5 Å². The highest BCUT2D eigenvalue weighted by Gasteiger charge is 2.53. The number of hydrogen-bond acceptors (Lipinski definition) is 3. The topological polar surface area (TPSA) is 27.7 Å². The molecule has 0 radical (unpaired) electrons. The van der Waals surface area contributed by atoms with E-state index in [2.05, 4.69) is 143 Å². The van der Waals surface area contributed by atoms with Gasteiger partial charge < -0.3 is 14.0 Å². The molecule has 5 aromatic carbocycles. The lowest BCUT2D eigenvalue weighted by atomic mass is 9.61. The monoisotopic (exact) mass is 534 g/mol. The zero-order valence-electron chi connectivity index (χ0n) is 23.8. The lowest BCUT2D eigenvalue weighted by Crippen LogP contribution is -2.41. The SMILES string of the molecule is CC1(C)OB(c2ccc3c(c2)C2(c4ccccc4O3)c3ccccc3-c3ccccc3-c3ccccc32)OC1(C)C. The van der Waals surface area contributed by atoms with Crippen molar-refractivity contribution < 1.29 is 14.0 Å². The van der Waals surface area contributed by atoms with Gasteiger partial charge in [-0.3, -0.25) is 0 Å². The number of hydrogen-bond donors (Lipinski definition) is 0. The van der Waals surface area contributed by atoms with Gasteiger partial charge in [0.15, 0.2) is 0 Å². The van der Waals surface area contributed by atoms with Crippen LogP contribution in [0.4, 0.5) is 0 Å². The average Bonchev–Trinajstić information content (AvgIpc) is 3.15. The highest BCUT2D eigenvalue weighted by atomic mass is 16.7. The van der Waals surface area contributed by atoms with Crippen LogP contribution in [0.1, 0.15) is 49.9 Å². The van der Waals surface area contributed by atoms with Crippen LogP contribution in [0.3, 0.4) is 0 Å². The molecular formula is C37H31BO3. The van der Waals surface area contributed by atoms with Gasteiger partial charge in [0.2, 0.25) is 0 Å². The summed E-state index contributed by atoms with van der Waals surface area (Å²) < 4.78 is 19.7. The molecule has 3 nitrogen and oxygen atoms in total. The smallest absolute Gasteiger partial charge is 0.457 e. The summed E-state index contributed by atoms with van der Waals surface area (Å²) in [7, 11) is -0.479. The molecule has 0 saturated carbocycles. The molecule has 2 aliphatic heterocycles. The van der Waals surface area contributed by atoms with Gasteiger partial charge in [-0.1, -0.05) is 103 Å². The summed E-state index contributed by atoms with van der Waals surface area (Å²) in [6.07, 6.45) is 0. The average molecular weight is 534 g/mol. The molecule has 0 N–H and O–H groups in total. The maximum Gasteiger partial charge on any atom is 0.494 e. The van der Waals surface area contributed by atoms with Crippen molar-refractivity contribution in [3.8, 4) is 33.8 Å². The fraction of sp³-hybridized carbons (Fsp3) is 0.189. The Morgan fingerprint density at radius 1 is 0.463 bits per heavy atom. The number of benzene rings is 5. The molecule has 1 fully saturated rings. The van der Waals surface area contributed by atoms with E-state index in [0.29, 0.717) is 0 Å². The standard InChI is InChI=1S/C37H31BO3/c1-35(2)36(3,4)41-38(40-35)24-21-22-34-32(23-24)37(31-19-11-12-20-33(31)39-34)29-17-9-7-15-27(29)25-13-5-6-14-26(25)28-16-8-10-18-30(28)37/h5-23H,1-4H3. The molecule has 0 aromatic heterocycles. The van der Waals surface area contributed by atoms with E-state index in [4.69, 9.17) is 14.0 Å². The Labute approximate surface area is 241 Å². The summed E-state index contributed by atoms with van der Waals surface area (Å²) in [5, 5.41) is 0. The Balaban J connectivity index is 1.50. The van der Waals surface area contributed by atoms with Crippen LogP contribution < -0.4 is 10.2 Å². The first-order chi connectivity index (χ1) is 19.8. The van der Waals surface area contributed by atoms with Crippen molar-refractivity contribution in [3.63, 3.8) is 0 Å². The first kappa shape index (κ1) is 24.7. The third-order valence-electron chi connectivity index (χ3n) is 9.61. The lowest BCUT2D eigenvalue weighted by Gasteiger charge is -2.42. The Kier molecular flexibility index (Phi) is 5.08. The van der Waals surface area contributed by atoms with Crippen molar-refractivity contribution in [3.05, 3.63) is 138 Å². The van der Waals surface area contributed by atoms with Crippen LogP contribution in [0, 0.1) is 0 Å². The Bertz CT molecular complexity index is 1770. The second-order valence-corrected chi connectivity index (χ2v) is 12.3. The Morgan fingerprint density at radius 3 is 1.51 bits per heavy atom. The van der Waals surface area contributed by atoms with E-state index in [1.165, 1.54) is 33.4 Å². The highest BCUT2D eigenvalue weighted by Crippen LogP contribution is 2.60. The summed E-state index contributed by atoms with van der Waals surface area (Å²) in [4.78, 5) is 0. The van der Waals surface area contributed by atoms with Crippen LogP contribution in [0.15, 0.2) is 115 Å². The number of para-hydroxylation sites is 1. The largest absolute Gasteiger partial charge is 0.494 e. The molecule has 0 atom stereocenters.